The van der Waals surface area contributed by atoms with Gasteiger partial charge in [0.25, 0.3) is 0 Å². The summed E-state index contributed by atoms with van der Waals surface area (Å²) in [5.41, 5.74) is -0.0777. The molecule has 0 aliphatic heterocycles. The predicted octanol–water partition coefficient (Wildman–Crippen LogP) is 4.08. The Morgan fingerprint density at radius 3 is 2.71 bits per heavy atom. The van der Waals surface area contributed by atoms with Crippen molar-refractivity contribution in [3.63, 3.8) is 0 Å². The SMILES string of the molecule is CCNC(Cc1ncc[nH]1)c1cc(C(F)(F)F)ccc1Br. The highest BCUT2D eigenvalue weighted by Gasteiger charge is 2.31. The second-order valence-electron chi connectivity index (χ2n) is 4.58. The Morgan fingerprint density at radius 2 is 2.14 bits per heavy atom. The van der Waals surface area contributed by atoms with E-state index < -0.39 is 11.7 Å². The number of halogens is 4. The third-order valence-corrected chi connectivity index (χ3v) is 3.82. The first-order valence-electron chi connectivity index (χ1n) is 6.50. The molecular formula is C14H15BrF3N3. The van der Waals surface area contributed by atoms with Crippen molar-refractivity contribution in [1.29, 1.82) is 0 Å². The maximum absolute atomic E-state index is 12.9. The number of alkyl halides is 3. The summed E-state index contributed by atoms with van der Waals surface area (Å²) in [6, 6.07) is 3.44. The van der Waals surface area contributed by atoms with Gasteiger partial charge in [0, 0.05) is 29.3 Å². The number of nitrogens with zero attached hydrogens (tertiary/aromatic N) is 1. The molecule has 1 atom stereocenters. The number of hydrogen-bond acceptors (Lipinski definition) is 2. The van der Waals surface area contributed by atoms with E-state index in [2.05, 4.69) is 31.2 Å². The minimum atomic E-state index is -4.35. The van der Waals surface area contributed by atoms with Crippen molar-refractivity contribution in [2.75, 3.05) is 6.54 Å². The minimum absolute atomic E-state index is 0.252. The summed E-state index contributed by atoms with van der Waals surface area (Å²) >= 11 is 3.33. The van der Waals surface area contributed by atoms with Crippen LogP contribution in [0.1, 0.15) is 29.9 Å². The van der Waals surface area contributed by atoms with Gasteiger partial charge in [-0.2, -0.15) is 13.2 Å². The summed E-state index contributed by atoms with van der Waals surface area (Å²) in [5.74, 6) is 0.727. The van der Waals surface area contributed by atoms with Crippen LogP contribution in [0.2, 0.25) is 0 Å². The van der Waals surface area contributed by atoms with Crippen LogP contribution in [-0.2, 0) is 12.6 Å². The third-order valence-electron chi connectivity index (χ3n) is 3.10. The van der Waals surface area contributed by atoms with E-state index in [1.807, 2.05) is 6.92 Å². The lowest BCUT2D eigenvalue weighted by Crippen LogP contribution is -2.24. The molecular weight excluding hydrogens is 347 g/mol. The number of benzene rings is 1. The molecule has 0 saturated heterocycles. The largest absolute Gasteiger partial charge is 0.416 e. The van der Waals surface area contributed by atoms with Crippen LogP contribution in [0.15, 0.2) is 35.1 Å². The molecule has 0 bridgehead atoms. The van der Waals surface area contributed by atoms with Crippen molar-refractivity contribution >= 4 is 15.9 Å². The average molecular weight is 362 g/mol. The Kier molecular flexibility index (Phi) is 5.05. The van der Waals surface area contributed by atoms with Gasteiger partial charge in [-0.1, -0.05) is 22.9 Å². The van der Waals surface area contributed by atoms with E-state index in [9.17, 15) is 13.2 Å². The van der Waals surface area contributed by atoms with Crippen molar-refractivity contribution in [3.05, 3.63) is 52.0 Å². The highest BCUT2D eigenvalue weighted by Crippen LogP contribution is 2.34. The van der Waals surface area contributed by atoms with Crippen LogP contribution >= 0.6 is 15.9 Å². The first-order valence-corrected chi connectivity index (χ1v) is 7.29. The van der Waals surface area contributed by atoms with Gasteiger partial charge in [-0.3, -0.25) is 0 Å². The van der Waals surface area contributed by atoms with E-state index in [-0.39, 0.29) is 6.04 Å². The molecule has 1 aromatic heterocycles. The molecule has 1 unspecified atom stereocenters. The van der Waals surface area contributed by atoms with E-state index >= 15 is 0 Å². The molecule has 2 N–H and O–H groups in total. The molecule has 0 amide bonds. The van der Waals surface area contributed by atoms with Gasteiger partial charge in [-0.05, 0) is 30.3 Å². The van der Waals surface area contributed by atoms with Crippen LogP contribution in [0.25, 0.3) is 0 Å². The summed E-state index contributed by atoms with van der Waals surface area (Å²) in [5, 5.41) is 3.20. The molecule has 0 aliphatic carbocycles. The highest BCUT2D eigenvalue weighted by atomic mass is 79.9. The topological polar surface area (TPSA) is 40.7 Å². The second kappa shape index (κ2) is 6.62. The van der Waals surface area contributed by atoms with Gasteiger partial charge in [-0.25, -0.2) is 4.98 Å². The van der Waals surface area contributed by atoms with E-state index in [0.29, 0.717) is 23.0 Å². The first kappa shape index (κ1) is 16.0. The lowest BCUT2D eigenvalue weighted by atomic mass is 10.0. The fourth-order valence-electron chi connectivity index (χ4n) is 2.13. The van der Waals surface area contributed by atoms with Crippen LogP contribution in [0.4, 0.5) is 13.2 Å². The Hall–Kier alpha value is -1.34. The van der Waals surface area contributed by atoms with E-state index in [1.165, 1.54) is 12.1 Å². The van der Waals surface area contributed by atoms with Crippen LogP contribution in [0, 0.1) is 0 Å². The molecule has 1 aromatic carbocycles. The molecule has 0 spiro atoms. The standard InChI is InChI=1S/C14H15BrF3N3/c1-2-19-12(8-13-20-5-6-21-13)10-7-9(14(16,17)18)3-4-11(10)15/h3-7,12,19H,2,8H2,1H3,(H,20,21). The lowest BCUT2D eigenvalue weighted by Gasteiger charge is -2.20. The van der Waals surface area contributed by atoms with Crippen molar-refractivity contribution in [2.24, 2.45) is 0 Å². The molecule has 0 radical (unpaired) electrons. The van der Waals surface area contributed by atoms with Gasteiger partial charge in [0.05, 0.1) is 5.56 Å². The number of likely N-dealkylation sites (N-methyl/N-ethyl adjacent to an activating group) is 1. The molecule has 114 valence electrons. The summed E-state index contributed by atoms with van der Waals surface area (Å²) < 4.78 is 39.3. The Labute approximate surface area is 129 Å². The van der Waals surface area contributed by atoms with Crippen molar-refractivity contribution in [1.82, 2.24) is 15.3 Å². The molecule has 0 saturated carbocycles. The van der Waals surface area contributed by atoms with Crippen molar-refractivity contribution < 1.29 is 13.2 Å². The Morgan fingerprint density at radius 1 is 1.38 bits per heavy atom. The zero-order chi connectivity index (χ0) is 15.5. The number of aromatic amines is 1. The molecule has 2 aromatic rings. The van der Waals surface area contributed by atoms with Gasteiger partial charge in [-0.15, -0.1) is 0 Å². The molecule has 3 nitrogen and oxygen atoms in total. The molecule has 2 rings (SSSR count). The van der Waals surface area contributed by atoms with Gasteiger partial charge < -0.3 is 10.3 Å². The Bertz CT molecular complexity index is 582. The van der Waals surface area contributed by atoms with E-state index in [1.54, 1.807) is 12.4 Å². The predicted molar refractivity (Wildman–Crippen MR) is 77.9 cm³/mol. The molecule has 0 aliphatic rings. The number of aromatic nitrogens is 2. The van der Waals surface area contributed by atoms with Crippen LogP contribution in [0.3, 0.4) is 0 Å². The number of rotatable bonds is 5. The maximum atomic E-state index is 12.9. The van der Waals surface area contributed by atoms with Gasteiger partial charge in [0.2, 0.25) is 0 Å². The van der Waals surface area contributed by atoms with Crippen molar-refractivity contribution in [3.8, 4) is 0 Å². The number of hydrogen-bond donors (Lipinski definition) is 2. The fourth-order valence-corrected chi connectivity index (χ4v) is 2.65. The van der Waals surface area contributed by atoms with Crippen LogP contribution in [0.5, 0.6) is 0 Å². The normalized spacial score (nSPS) is 13.4. The average Bonchev–Trinajstić information content (AvgIpc) is 2.90. The lowest BCUT2D eigenvalue weighted by molar-refractivity contribution is -0.137. The van der Waals surface area contributed by atoms with Crippen LogP contribution in [-0.4, -0.2) is 16.5 Å². The number of imidazole rings is 1. The smallest absolute Gasteiger partial charge is 0.349 e. The second-order valence-corrected chi connectivity index (χ2v) is 5.44. The molecule has 0 fully saturated rings. The first-order chi connectivity index (χ1) is 9.91. The summed E-state index contributed by atoms with van der Waals surface area (Å²) in [7, 11) is 0. The monoisotopic (exact) mass is 361 g/mol. The summed E-state index contributed by atoms with van der Waals surface area (Å²) in [6.45, 7) is 2.56. The summed E-state index contributed by atoms with van der Waals surface area (Å²) in [4.78, 5) is 7.10. The maximum Gasteiger partial charge on any atom is 0.416 e. The van der Waals surface area contributed by atoms with E-state index in [0.717, 1.165) is 11.9 Å². The van der Waals surface area contributed by atoms with Crippen molar-refractivity contribution in [2.45, 2.75) is 25.6 Å². The fraction of sp³-hybridized carbons (Fsp3) is 0.357. The molecule has 7 heteroatoms. The zero-order valence-electron chi connectivity index (χ0n) is 11.3. The van der Waals surface area contributed by atoms with Crippen LogP contribution < -0.4 is 5.32 Å². The van der Waals surface area contributed by atoms with Gasteiger partial charge in [0.15, 0.2) is 0 Å². The van der Waals surface area contributed by atoms with Gasteiger partial charge in [0.1, 0.15) is 5.82 Å². The third kappa shape index (κ3) is 4.07. The minimum Gasteiger partial charge on any atom is -0.349 e. The van der Waals surface area contributed by atoms with Gasteiger partial charge >= 0.3 is 6.18 Å². The Balaban J connectivity index is 2.34. The zero-order valence-corrected chi connectivity index (χ0v) is 12.9. The quantitative estimate of drug-likeness (QED) is 0.842. The molecule has 1 heterocycles. The highest BCUT2D eigenvalue weighted by molar-refractivity contribution is 9.10. The number of nitrogens with one attached hydrogen (secondary N) is 2. The number of H-pyrrole nitrogens is 1. The van der Waals surface area contributed by atoms with E-state index in [4.69, 9.17) is 0 Å². The molecule has 21 heavy (non-hydrogen) atoms. The summed E-state index contributed by atoms with van der Waals surface area (Å²) in [6.07, 6.45) is -0.545.